The Hall–Kier alpha value is -2.43. The molecular weight excluding hydrogens is 316 g/mol. The number of benzene rings is 1. The fourth-order valence-corrected chi connectivity index (χ4v) is 3.62. The number of allylic oxidation sites excluding steroid dienone is 2. The van der Waals surface area contributed by atoms with E-state index in [0.717, 1.165) is 11.1 Å². The normalized spacial score (nSPS) is 22.2. The van der Waals surface area contributed by atoms with Gasteiger partial charge in [0.25, 0.3) is 0 Å². The number of imide groups is 1. The van der Waals surface area contributed by atoms with E-state index in [1.165, 1.54) is 4.90 Å². The lowest BCUT2D eigenvalue weighted by molar-refractivity contribution is -0.140. The Morgan fingerprint density at radius 2 is 1.72 bits per heavy atom. The third-order valence-electron chi connectivity index (χ3n) is 5.24. The fourth-order valence-electron chi connectivity index (χ4n) is 3.62. The number of hydrogen-bond donors (Lipinski definition) is 0. The second-order valence-electron chi connectivity index (χ2n) is 6.91. The zero-order valence-electron chi connectivity index (χ0n) is 14.8. The Bertz CT molecular complexity index is 699. The molecule has 1 aliphatic carbocycles. The number of nitrogens with zero attached hydrogens (tertiary/aromatic N) is 2. The number of carbonyl (C=O) groups is 3. The number of likely N-dealkylation sites (tertiary alicyclic amines) is 1. The quantitative estimate of drug-likeness (QED) is 0.610. The molecule has 132 valence electrons. The van der Waals surface area contributed by atoms with Crippen molar-refractivity contribution in [2.75, 3.05) is 13.6 Å². The molecule has 0 saturated carbocycles. The molecule has 0 spiro atoms. The van der Waals surface area contributed by atoms with Crippen molar-refractivity contribution in [2.24, 2.45) is 11.8 Å². The standard InChI is InChI=1S/C20H24N2O3/c1-14-7-3-4-8-15(14)13-21(2)18(23)11-12-22-19(24)16-9-5-6-10-17(16)20(22)25/h3-8,16-17H,9-13H2,1-2H3. The van der Waals surface area contributed by atoms with Crippen LogP contribution >= 0.6 is 0 Å². The molecule has 0 aromatic heterocycles. The molecule has 1 aromatic carbocycles. The summed E-state index contributed by atoms with van der Waals surface area (Å²) in [5, 5.41) is 0. The van der Waals surface area contributed by atoms with E-state index in [0.29, 0.717) is 19.4 Å². The van der Waals surface area contributed by atoms with Gasteiger partial charge in [0.2, 0.25) is 17.7 Å². The van der Waals surface area contributed by atoms with Crippen molar-refractivity contribution in [1.29, 1.82) is 0 Å². The lowest BCUT2D eigenvalue weighted by Crippen LogP contribution is -2.36. The molecule has 1 aromatic rings. The molecule has 1 heterocycles. The summed E-state index contributed by atoms with van der Waals surface area (Å²) < 4.78 is 0. The van der Waals surface area contributed by atoms with Gasteiger partial charge in [-0.15, -0.1) is 0 Å². The molecular formula is C20H24N2O3. The van der Waals surface area contributed by atoms with Crippen molar-refractivity contribution >= 4 is 17.7 Å². The highest BCUT2D eigenvalue weighted by atomic mass is 16.2. The van der Waals surface area contributed by atoms with Gasteiger partial charge in [0.1, 0.15) is 0 Å². The summed E-state index contributed by atoms with van der Waals surface area (Å²) in [6.45, 7) is 2.73. The topological polar surface area (TPSA) is 57.7 Å². The fraction of sp³-hybridized carbons (Fsp3) is 0.450. The van der Waals surface area contributed by atoms with Crippen LogP contribution in [0.1, 0.15) is 30.4 Å². The number of hydrogen-bond acceptors (Lipinski definition) is 3. The Balaban J connectivity index is 1.56. The summed E-state index contributed by atoms with van der Waals surface area (Å²) in [5.74, 6) is -0.742. The van der Waals surface area contributed by atoms with Crippen LogP contribution in [-0.4, -0.2) is 41.1 Å². The van der Waals surface area contributed by atoms with Gasteiger partial charge in [-0.1, -0.05) is 36.4 Å². The maximum Gasteiger partial charge on any atom is 0.233 e. The maximum atomic E-state index is 12.4. The molecule has 2 atom stereocenters. The second-order valence-corrected chi connectivity index (χ2v) is 6.91. The Morgan fingerprint density at radius 3 is 2.32 bits per heavy atom. The molecule has 0 N–H and O–H groups in total. The predicted octanol–water partition coefficient (Wildman–Crippen LogP) is 2.29. The highest BCUT2D eigenvalue weighted by molar-refractivity contribution is 6.05. The monoisotopic (exact) mass is 340 g/mol. The van der Waals surface area contributed by atoms with E-state index in [-0.39, 0.29) is 42.5 Å². The van der Waals surface area contributed by atoms with Crippen molar-refractivity contribution in [3.63, 3.8) is 0 Å². The number of rotatable bonds is 5. The van der Waals surface area contributed by atoms with E-state index < -0.39 is 0 Å². The molecule has 0 radical (unpaired) electrons. The largest absolute Gasteiger partial charge is 0.341 e. The van der Waals surface area contributed by atoms with Gasteiger partial charge in [-0.2, -0.15) is 0 Å². The van der Waals surface area contributed by atoms with E-state index in [1.54, 1.807) is 11.9 Å². The molecule has 5 nitrogen and oxygen atoms in total. The predicted molar refractivity (Wildman–Crippen MR) is 94.3 cm³/mol. The average molecular weight is 340 g/mol. The first-order valence-corrected chi connectivity index (χ1v) is 8.77. The van der Waals surface area contributed by atoms with Crippen molar-refractivity contribution in [3.05, 3.63) is 47.5 Å². The van der Waals surface area contributed by atoms with Crippen molar-refractivity contribution in [3.8, 4) is 0 Å². The first kappa shape index (κ1) is 17.4. The minimum Gasteiger partial charge on any atom is -0.341 e. The van der Waals surface area contributed by atoms with Gasteiger partial charge in [-0.3, -0.25) is 19.3 Å². The van der Waals surface area contributed by atoms with Gasteiger partial charge in [-0.25, -0.2) is 0 Å². The summed E-state index contributed by atoms with van der Waals surface area (Å²) in [5.41, 5.74) is 2.24. The molecule has 1 saturated heterocycles. The van der Waals surface area contributed by atoms with E-state index in [2.05, 4.69) is 0 Å². The molecule has 3 amide bonds. The van der Waals surface area contributed by atoms with Crippen molar-refractivity contribution in [1.82, 2.24) is 9.80 Å². The Kier molecular flexibility index (Phi) is 5.02. The van der Waals surface area contributed by atoms with Crippen LogP contribution in [0.25, 0.3) is 0 Å². The van der Waals surface area contributed by atoms with Crippen LogP contribution in [0.15, 0.2) is 36.4 Å². The third kappa shape index (κ3) is 3.50. The van der Waals surface area contributed by atoms with E-state index >= 15 is 0 Å². The molecule has 5 heteroatoms. The van der Waals surface area contributed by atoms with Gasteiger partial charge < -0.3 is 4.90 Å². The number of fused-ring (bicyclic) bond motifs is 1. The summed E-state index contributed by atoms with van der Waals surface area (Å²) in [6.07, 6.45) is 5.38. The minimum absolute atomic E-state index is 0.0585. The van der Waals surface area contributed by atoms with Gasteiger partial charge >= 0.3 is 0 Å². The summed E-state index contributed by atoms with van der Waals surface area (Å²) in [7, 11) is 1.76. The van der Waals surface area contributed by atoms with Gasteiger partial charge in [0.15, 0.2) is 0 Å². The van der Waals surface area contributed by atoms with Crippen LogP contribution in [-0.2, 0) is 20.9 Å². The van der Waals surface area contributed by atoms with Crippen molar-refractivity contribution in [2.45, 2.75) is 32.7 Å². The SMILES string of the molecule is Cc1ccccc1CN(C)C(=O)CCN1C(=O)C2CC=CCC2C1=O. The Labute approximate surface area is 148 Å². The van der Waals surface area contributed by atoms with Gasteiger partial charge in [-0.05, 0) is 30.9 Å². The lowest BCUT2D eigenvalue weighted by Gasteiger charge is -2.20. The molecule has 2 unspecified atom stereocenters. The van der Waals surface area contributed by atoms with Crippen molar-refractivity contribution < 1.29 is 14.4 Å². The third-order valence-corrected chi connectivity index (χ3v) is 5.24. The summed E-state index contributed by atoms with van der Waals surface area (Å²) in [4.78, 5) is 40.2. The number of aryl methyl sites for hydroxylation is 1. The van der Waals surface area contributed by atoms with Crippen LogP contribution in [0.3, 0.4) is 0 Å². The molecule has 3 rings (SSSR count). The van der Waals surface area contributed by atoms with Crippen LogP contribution in [0.5, 0.6) is 0 Å². The molecule has 2 aliphatic rings. The first-order valence-electron chi connectivity index (χ1n) is 8.77. The van der Waals surface area contributed by atoms with Crippen LogP contribution < -0.4 is 0 Å². The highest BCUT2D eigenvalue weighted by Gasteiger charge is 2.46. The van der Waals surface area contributed by atoms with E-state index in [1.807, 2.05) is 43.3 Å². The minimum atomic E-state index is -0.225. The maximum absolute atomic E-state index is 12.4. The van der Waals surface area contributed by atoms with Crippen LogP contribution in [0.4, 0.5) is 0 Å². The Morgan fingerprint density at radius 1 is 1.12 bits per heavy atom. The number of carbonyl (C=O) groups excluding carboxylic acids is 3. The smallest absolute Gasteiger partial charge is 0.233 e. The van der Waals surface area contributed by atoms with Crippen LogP contribution in [0.2, 0.25) is 0 Å². The summed E-state index contributed by atoms with van der Waals surface area (Å²) in [6, 6.07) is 7.95. The zero-order valence-corrected chi connectivity index (χ0v) is 14.8. The average Bonchev–Trinajstić information content (AvgIpc) is 2.86. The number of amides is 3. The highest BCUT2D eigenvalue weighted by Crippen LogP contribution is 2.35. The molecule has 25 heavy (non-hydrogen) atoms. The second kappa shape index (κ2) is 7.21. The van der Waals surface area contributed by atoms with Crippen LogP contribution in [0, 0.1) is 18.8 Å². The summed E-state index contributed by atoms with van der Waals surface area (Å²) >= 11 is 0. The first-order chi connectivity index (χ1) is 12.0. The van der Waals surface area contributed by atoms with Gasteiger partial charge in [0, 0.05) is 26.6 Å². The zero-order chi connectivity index (χ0) is 18.0. The van der Waals surface area contributed by atoms with E-state index in [4.69, 9.17) is 0 Å². The van der Waals surface area contributed by atoms with E-state index in [9.17, 15) is 14.4 Å². The van der Waals surface area contributed by atoms with Gasteiger partial charge in [0.05, 0.1) is 11.8 Å². The molecule has 1 aliphatic heterocycles. The molecule has 0 bridgehead atoms. The molecule has 1 fully saturated rings. The lowest BCUT2D eigenvalue weighted by atomic mass is 9.85.